The summed E-state index contributed by atoms with van der Waals surface area (Å²) in [5.74, 6) is 0.654. The fourth-order valence-corrected chi connectivity index (χ4v) is 3.41. The van der Waals surface area contributed by atoms with Gasteiger partial charge in [-0.1, -0.05) is 0 Å². The summed E-state index contributed by atoms with van der Waals surface area (Å²) in [6.45, 7) is 0.551. The number of amides is 1. The Morgan fingerprint density at radius 1 is 1.41 bits per heavy atom. The predicted molar refractivity (Wildman–Crippen MR) is 74.1 cm³/mol. The van der Waals surface area contributed by atoms with E-state index in [9.17, 15) is 4.79 Å². The van der Waals surface area contributed by atoms with E-state index in [-0.39, 0.29) is 5.91 Å². The number of halogens is 1. The lowest BCUT2D eigenvalue weighted by Gasteiger charge is -2.00. The highest BCUT2D eigenvalue weighted by Crippen LogP contribution is 2.22. The number of hydrogen-bond donors (Lipinski definition) is 1. The van der Waals surface area contributed by atoms with E-state index < -0.39 is 0 Å². The Morgan fingerprint density at radius 2 is 2.24 bits per heavy atom. The molecule has 2 rings (SSSR count). The molecule has 6 heteroatoms. The van der Waals surface area contributed by atoms with Gasteiger partial charge >= 0.3 is 0 Å². The summed E-state index contributed by atoms with van der Waals surface area (Å²) >= 11 is 6.37. The molecule has 0 radical (unpaired) electrons. The average Bonchev–Trinajstić information content (AvgIpc) is 2.94. The van der Waals surface area contributed by atoms with Crippen LogP contribution in [0.4, 0.5) is 0 Å². The zero-order valence-electron chi connectivity index (χ0n) is 9.03. The van der Waals surface area contributed by atoms with Crippen LogP contribution in [0.15, 0.2) is 27.4 Å². The second-order valence-corrected chi connectivity index (χ2v) is 6.09. The van der Waals surface area contributed by atoms with Gasteiger partial charge in [0, 0.05) is 26.2 Å². The molecule has 2 aromatic rings. The van der Waals surface area contributed by atoms with E-state index in [2.05, 4.69) is 21.2 Å². The zero-order chi connectivity index (χ0) is 12.3. The minimum Gasteiger partial charge on any atom is -0.496 e. The molecule has 0 aliphatic rings. The van der Waals surface area contributed by atoms with Crippen molar-refractivity contribution >= 4 is 44.5 Å². The van der Waals surface area contributed by atoms with Crippen LogP contribution in [0, 0.1) is 0 Å². The number of nitrogens with one attached hydrogen (secondary N) is 1. The van der Waals surface area contributed by atoms with Crippen molar-refractivity contribution in [2.75, 3.05) is 7.11 Å². The Hall–Kier alpha value is -0.850. The number of hydrogen-bond acceptors (Lipinski definition) is 4. The summed E-state index contributed by atoms with van der Waals surface area (Å²) in [6.07, 6.45) is 0. The summed E-state index contributed by atoms with van der Waals surface area (Å²) < 4.78 is 6.08. The molecule has 1 N–H and O–H groups in total. The highest BCUT2D eigenvalue weighted by Gasteiger charge is 2.09. The molecule has 0 aliphatic carbocycles. The van der Waals surface area contributed by atoms with Crippen LogP contribution in [0.1, 0.15) is 14.5 Å². The molecule has 0 aromatic carbocycles. The van der Waals surface area contributed by atoms with Crippen molar-refractivity contribution in [2.45, 2.75) is 6.54 Å². The van der Waals surface area contributed by atoms with Gasteiger partial charge in [0.1, 0.15) is 5.75 Å². The first-order valence-corrected chi connectivity index (χ1v) is 7.38. The van der Waals surface area contributed by atoms with Crippen molar-refractivity contribution in [1.29, 1.82) is 0 Å². The molecular formula is C11H10BrNO2S2. The third kappa shape index (κ3) is 3.31. The third-order valence-corrected chi connectivity index (χ3v) is 4.68. The summed E-state index contributed by atoms with van der Waals surface area (Å²) in [7, 11) is 1.59. The highest BCUT2D eigenvalue weighted by molar-refractivity contribution is 9.10. The lowest BCUT2D eigenvalue weighted by Crippen LogP contribution is -2.21. The van der Waals surface area contributed by atoms with Gasteiger partial charge in [-0.15, -0.1) is 22.7 Å². The van der Waals surface area contributed by atoms with Gasteiger partial charge in [0.25, 0.3) is 5.91 Å². The number of methoxy groups -OCH3 is 1. The summed E-state index contributed by atoms with van der Waals surface area (Å²) in [4.78, 5) is 13.6. The standard InChI is InChI=1S/C11H10BrNO2S2/c1-15-8-3-10(17-6-8)11(14)13-4-9-2-7(12)5-16-9/h2-3,5-6H,4H2,1H3,(H,13,14). The lowest BCUT2D eigenvalue weighted by atomic mass is 10.4. The van der Waals surface area contributed by atoms with E-state index in [4.69, 9.17) is 4.74 Å². The maximum atomic E-state index is 11.8. The molecule has 17 heavy (non-hydrogen) atoms. The van der Waals surface area contributed by atoms with Crippen molar-refractivity contribution in [3.8, 4) is 5.75 Å². The molecule has 0 aliphatic heterocycles. The molecule has 90 valence electrons. The monoisotopic (exact) mass is 331 g/mol. The van der Waals surface area contributed by atoms with Crippen LogP contribution >= 0.6 is 38.6 Å². The normalized spacial score (nSPS) is 10.2. The molecule has 3 nitrogen and oxygen atoms in total. The van der Waals surface area contributed by atoms with Gasteiger partial charge in [0.2, 0.25) is 0 Å². The largest absolute Gasteiger partial charge is 0.496 e. The van der Waals surface area contributed by atoms with Crippen molar-refractivity contribution in [1.82, 2.24) is 5.32 Å². The summed E-state index contributed by atoms with van der Waals surface area (Å²) in [5.41, 5.74) is 0. The fourth-order valence-electron chi connectivity index (χ4n) is 1.25. The van der Waals surface area contributed by atoms with Gasteiger partial charge in [0.05, 0.1) is 18.5 Å². The number of carbonyl (C=O) groups is 1. The van der Waals surface area contributed by atoms with Crippen LogP contribution in [-0.4, -0.2) is 13.0 Å². The quantitative estimate of drug-likeness (QED) is 0.930. The van der Waals surface area contributed by atoms with Crippen molar-refractivity contribution in [3.63, 3.8) is 0 Å². The van der Waals surface area contributed by atoms with Crippen molar-refractivity contribution < 1.29 is 9.53 Å². The molecule has 0 atom stereocenters. The first-order chi connectivity index (χ1) is 8.19. The van der Waals surface area contributed by atoms with Crippen LogP contribution in [0.5, 0.6) is 5.75 Å². The lowest BCUT2D eigenvalue weighted by molar-refractivity contribution is 0.0955. The smallest absolute Gasteiger partial charge is 0.261 e. The molecule has 2 aromatic heterocycles. The van der Waals surface area contributed by atoms with Gasteiger partial charge in [-0.25, -0.2) is 0 Å². The zero-order valence-corrected chi connectivity index (χ0v) is 12.2. The maximum Gasteiger partial charge on any atom is 0.261 e. The number of ether oxygens (including phenoxy) is 1. The Kier molecular flexibility index (Phi) is 4.20. The first-order valence-electron chi connectivity index (χ1n) is 4.82. The Balaban J connectivity index is 1.93. The van der Waals surface area contributed by atoms with Gasteiger partial charge in [0.15, 0.2) is 0 Å². The van der Waals surface area contributed by atoms with Gasteiger partial charge in [-0.2, -0.15) is 0 Å². The molecule has 0 saturated carbocycles. The number of rotatable bonds is 4. The minimum atomic E-state index is -0.0668. The van der Waals surface area contributed by atoms with Crippen LogP contribution in [-0.2, 0) is 6.54 Å². The molecule has 2 heterocycles. The third-order valence-electron chi connectivity index (χ3n) is 2.08. The Morgan fingerprint density at radius 3 is 2.82 bits per heavy atom. The average molecular weight is 332 g/mol. The molecule has 0 spiro atoms. The van der Waals surface area contributed by atoms with E-state index in [1.165, 1.54) is 11.3 Å². The SMILES string of the molecule is COc1csc(C(=O)NCc2cc(Br)cs2)c1. The fraction of sp³-hybridized carbons (Fsp3) is 0.182. The highest BCUT2D eigenvalue weighted by atomic mass is 79.9. The number of carbonyl (C=O) groups excluding carboxylic acids is 1. The maximum absolute atomic E-state index is 11.8. The molecule has 0 fully saturated rings. The molecule has 0 saturated heterocycles. The number of thiophene rings is 2. The van der Waals surface area contributed by atoms with Crippen LogP contribution in [0.2, 0.25) is 0 Å². The van der Waals surface area contributed by atoms with Crippen LogP contribution in [0.3, 0.4) is 0 Å². The second kappa shape index (κ2) is 5.66. The van der Waals surface area contributed by atoms with E-state index in [0.29, 0.717) is 11.4 Å². The van der Waals surface area contributed by atoms with Crippen LogP contribution in [0.25, 0.3) is 0 Å². The molecule has 1 amide bonds. The van der Waals surface area contributed by atoms with Crippen molar-refractivity contribution in [3.05, 3.63) is 37.1 Å². The molecular weight excluding hydrogens is 322 g/mol. The van der Waals surface area contributed by atoms with Gasteiger partial charge in [-0.05, 0) is 22.0 Å². The Bertz CT molecular complexity index is 521. The summed E-state index contributed by atoms with van der Waals surface area (Å²) in [5, 5.41) is 6.68. The molecule has 0 bridgehead atoms. The van der Waals surface area contributed by atoms with E-state index >= 15 is 0 Å². The second-order valence-electron chi connectivity index (χ2n) is 3.26. The van der Waals surface area contributed by atoms with Crippen LogP contribution < -0.4 is 10.1 Å². The first kappa shape index (κ1) is 12.6. The van der Waals surface area contributed by atoms with Crippen molar-refractivity contribution in [2.24, 2.45) is 0 Å². The van der Waals surface area contributed by atoms with E-state index in [1.54, 1.807) is 24.5 Å². The van der Waals surface area contributed by atoms with E-state index in [0.717, 1.165) is 15.1 Å². The predicted octanol–water partition coefficient (Wildman–Crippen LogP) is 3.51. The summed E-state index contributed by atoms with van der Waals surface area (Å²) in [6, 6.07) is 3.74. The van der Waals surface area contributed by atoms with Gasteiger partial charge < -0.3 is 10.1 Å². The van der Waals surface area contributed by atoms with Gasteiger partial charge in [-0.3, -0.25) is 4.79 Å². The molecule has 0 unspecified atom stereocenters. The van der Waals surface area contributed by atoms with E-state index in [1.807, 2.05) is 16.8 Å². The topological polar surface area (TPSA) is 38.3 Å². The Labute approximate surface area is 116 Å². The minimum absolute atomic E-state index is 0.0668.